The molecule has 0 heterocycles. The molecule has 0 bridgehead atoms. The number of carbonyl (C=O) groups is 2. The van der Waals surface area contributed by atoms with Crippen molar-refractivity contribution in [3.05, 3.63) is 71.8 Å². The quantitative estimate of drug-likeness (QED) is 0.752. The van der Waals surface area contributed by atoms with E-state index in [-0.39, 0.29) is 6.61 Å². The number of ether oxygens (including phenoxy) is 2. The zero-order valence-corrected chi connectivity index (χ0v) is 15.1. The molecule has 2 aromatic carbocycles. The highest BCUT2D eigenvalue weighted by Crippen LogP contribution is 2.35. The minimum Gasteiger partial charge on any atom is -0.458 e. The van der Waals surface area contributed by atoms with E-state index in [1.165, 1.54) is 0 Å². The first-order chi connectivity index (χ1) is 11.7. The van der Waals surface area contributed by atoms with Crippen LogP contribution in [-0.2, 0) is 9.47 Å². The molecule has 0 fully saturated rings. The molecule has 0 amide bonds. The van der Waals surface area contributed by atoms with Gasteiger partial charge in [0.2, 0.25) is 0 Å². The average molecular weight is 340 g/mol. The van der Waals surface area contributed by atoms with E-state index in [4.69, 9.17) is 9.47 Å². The largest absolute Gasteiger partial charge is 0.458 e. The molecule has 2 aromatic rings. The van der Waals surface area contributed by atoms with Gasteiger partial charge in [-0.3, -0.25) is 0 Å². The van der Waals surface area contributed by atoms with Crippen molar-refractivity contribution in [3.63, 3.8) is 0 Å². The summed E-state index contributed by atoms with van der Waals surface area (Å²) < 4.78 is 11.2. The van der Waals surface area contributed by atoms with Crippen LogP contribution in [0.3, 0.4) is 0 Å². The molecule has 0 aliphatic rings. The molecule has 1 unspecified atom stereocenters. The van der Waals surface area contributed by atoms with Crippen LogP contribution in [0.15, 0.2) is 60.7 Å². The van der Waals surface area contributed by atoms with Crippen molar-refractivity contribution >= 4 is 11.9 Å². The Morgan fingerprint density at radius 1 is 0.760 bits per heavy atom. The zero-order valence-electron chi connectivity index (χ0n) is 15.1. The van der Waals surface area contributed by atoms with E-state index in [0.29, 0.717) is 11.1 Å². The molecule has 0 spiro atoms. The Hall–Kier alpha value is -2.62. The summed E-state index contributed by atoms with van der Waals surface area (Å²) in [6.45, 7) is 7.60. The highest BCUT2D eigenvalue weighted by atomic mass is 16.6. The molecule has 1 atom stereocenters. The Morgan fingerprint density at radius 2 is 1.20 bits per heavy atom. The van der Waals surface area contributed by atoms with E-state index in [0.717, 1.165) is 0 Å². The van der Waals surface area contributed by atoms with Crippen LogP contribution in [0.1, 0.15) is 48.4 Å². The summed E-state index contributed by atoms with van der Waals surface area (Å²) in [7, 11) is 0. The Morgan fingerprint density at radius 3 is 1.64 bits per heavy atom. The number of rotatable bonds is 5. The number of carbonyl (C=O) groups excluding carboxylic acids is 2. The van der Waals surface area contributed by atoms with E-state index in [1.807, 2.05) is 32.9 Å². The van der Waals surface area contributed by atoms with Crippen LogP contribution in [0.5, 0.6) is 0 Å². The summed E-state index contributed by atoms with van der Waals surface area (Å²) in [5, 5.41) is 0. The van der Waals surface area contributed by atoms with Gasteiger partial charge < -0.3 is 9.47 Å². The second kappa shape index (κ2) is 7.51. The predicted octanol–water partition coefficient (Wildman–Crippen LogP) is 4.51. The van der Waals surface area contributed by atoms with E-state index in [1.54, 1.807) is 55.5 Å². The van der Waals surface area contributed by atoms with Gasteiger partial charge in [-0.15, -0.1) is 0 Å². The summed E-state index contributed by atoms with van der Waals surface area (Å²) in [5.41, 5.74) is -0.459. The first-order valence-corrected chi connectivity index (χ1v) is 8.23. The minimum absolute atomic E-state index is 0.0250. The third-order valence-electron chi connectivity index (χ3n) is 4.40. The Balaban J connectivity index is 2.12. The van der Waals surface area contributed by atoms with Gasteiger partial charge in [0.25, 0.3) is 0 Å². The molecule has 0 aliphatic heterocycles. The summed E-state index contributed by atoms with van der Waals surface area (Å²) in [6.07, 6.45) is 0. The van der Waals surface area contributed by atoms with Crippen LogP contribution in [0.4, 0.5) is 0 Å². The van der Waals surface area contributed by atoms with Crippen molar-refractivity contribution in [1.82, 2.24) is 0 Å². The summed E-state index contributed by atoms with van der Waals surface area (Å²) in [6, 6.07) is 17.5. The highest BCUT2D eigenvalue weighted by Gasteiger charge is 2.43. The molecular formula is C21H24O4. The maximum atomic E-state index is 12.5. The Bertz CT molecular complexity index is 717. The third kappa shape index (κ3) is 4.69. The van der Waals surface area contributed by atoms with Gasteiger partial charge in [-0.2, -0.15) is 0 Å². The third-order valence-corrected chi connectivity index (χ3v) is 4.40. The molecule has 4 nitrogen and oxygen atoms in total. The number of hydrogen-bond donors (Lipinski definition) is 0. The van der Waals surface area contributed by atoms with Crippen LogP contribution in [-0.4, -0.2) is 24.1 Å². The smallest absolute Gasteiger partial charge is 0.338 e. The van der Waals surface area contributed by atoms with Gasteiger partial charge in [0, 0.05) is 5.41 Å². The van der Waals surface area contributed by atoms with E-state index in [2.05, 4.69) is 0 Å². The topological polar surface area (TPSA) is 52.6 Å². The van der Waals surface area contributed by atoms with Crippen LogP contribution < -0.4 is 0 Å². The lowest BCUT2D eigenvalue weighted by molar-refractivity contribution is -0.0996. The van der Waals surface area contributed by atoms with Crippen molar-refractivity contribution < 1.29 is 19.1 Å². The normalized spacial score (nSPS) is 13.6. The fraction of sp³-hybridized carbons (Fsp3) is 0.333. The van der Waals surface area contributed by atoms with E-state index in [9.17, 15) is 9.59 Å². The lowest BCUT2D eigenvalue weighted by Gasteiger charge is -2.40. The molecular weight excluding hydrogens is 316 g/mol. The number of benzene rings is 2. The van der Waals surface area contributed by atoms with Crippen molar-refractivity contribution in [2.45, 2.75) is 33.3 Å². The fourth-order valence-electron chi connectivity index (χ4n) is 2.10. The van der Waals surface area contributed by atoms with Crippen molar-refractivity contribution in [1.29, 1.82) is 0 Å². The van der Waals surface area contributed by atoms with E-state index < -0.39 is 23.0 Å². The second-order valence-corrected chi connectivity index (χ2v) is 7.18. The van der Waals surface area contributed by atoms with Gasteiger partial charge in [-0.25, -0.2) is 9.59 Å². The molecule has 0 saturated carbocycles. The van der Waals surface area contributed by atoms with Gasteiger partial charge in [-0.05, 0) is 31.2 Å². The monoisotopic (exact) mass is 340 g/mol. The standard InChI is InChI=1S/C21H24O4/c1-20(2,3)21(4,25-19(23)17-13-9-6-10-14-17)15-24-18(22)16-11-7-5-8-12-16/h5-14H,15H2,1-4H3. The lowest BCUT2D eigenvalue weighted by Crippen LogP contribution is -2.48. The Kier molecular flexibility index (Phi) is 5.62. The van der Waals surface area contributed by atoms with Gasteiger partial charge in [-0.1, -0.05) is 57.2 Å². The number of esters is 2. The van der Waals surface area contributed by atoms with Crippen LogP contribution >= 0.6 is 0 Å². The van der Waals surface area contributed by atoms with Crippen molar-refractivity contribution in [2.24, 2.45) is 5.41 Å². The van der Waals surface area contributed by atoms with Crippen molar-refractivity contribution in [2.75, 3.05) is 6.61 Å². The molecule has 132 valence electrons. The molecule has 0 aliphatic carbocycles. The average Bonchev–Trinajstić information content (AvgIpc) is 2.60. The molecule has 2 rings (SSSR count). The predicted molar refractivity (Wildman–Crippen MR) is 96.4 cm³/mol. The molecule has 0 saturated heterocycles. The maximum Gasteiger partial charge on any atom is 0.338 e. The molecule has 0 radical (unpaired) electrons. The maximum absolute atomic E-state index is 12.5. The second-order valence-electron chi connectivity index (χ2n) is 7.18. The first kappa shape index (κ1) is 18.7. The molecule has 4 heteroatoms. The molecule has 25 heavy (non-hydrogen) atoms. The van der Waals surface area contributed by atoms with Crippen LogP contribution in [0.2, 0.25) is 0 Å². The number of hydrogen-bond acceptors (Lipinski definition) is 4. The zero-order chi connectivity index (χ0) is 18.5. The van der Waals surface area contributed by atoms with E-state index >= 15 is 0 Å². The summed E-state index contributed by atoms with van der Waals surface area (Å²) in [4.78, 5) is 24.7. The van der Waals surface area contributed by atoms with Crippen LogP contribution in [0, 0.1) is 5.41 Å². The van der Waals surface area contributed by atoms with Gasteiger partial charge in [0.15, 0.2) is 0 Å². The molecule has 0 N–H and O–H groups in total. The summed E-state index contributed by atoms with van der Waals surface area (Å²) in [5.74, 6) is -0.874. The fourth-order valence-corrected chi connectivity index (χ4v) is 2.10. The van der Waals surface area contributed by atoms with Crippen molar-refractivity contribution in [3.8, 4) is 0 Å². The first-order valence-electron chi connectivity index (χ1n) is 8.23. The summed E-state index contributed by atoms with van der Waals surface area (Å²) >= 11 is 0. The minimum atomic E-state index is -0.968. The lowest BCUT2D eigenvalue weighted by atomic mass is 9.78. The molecule has 0 aromatic heterocycles. The van der Waals surface area contributed by atoms with Gasteiger partial charge in [0.05, 0.1) is 11.1 Å². The van der Waals surface area contributed by atoms with Gasteiger partial charge >= 0.3 is 11.9 Å². The highest BCUT2D eigenvalue weighted by molar-refractivity contribution is 5.90. The van der Waals surface area contributed by atoms with Gasteiger partial charge in [0.1, 0.15) is 12.2 Å². The Labute approximate surface area is 148 Å². The SMILES string of the molecule is CC(C)(C)C(C)(COC(=O)c1ccccc1)OC(=O)c1ccccc1. The van der Waals surface area contributed by atoms with Crippen LogP contribution in [0.25, 0.3) is 0 Å².